The highest BCUT2D eigenvalue weighted by atomic mass is 15.1. The molecule has 0 amide bonds. The first kappa shape index (κ1) is 13.3. The number of rotatable bonds is 3. The number of benzene rings is 2. The Balaban J connectivity index is 2.25. The van der Waals surface area contributed by atoms with Crippen molar-refractivity contribution in [3.05, 3.63) is 42.0 Å². The third-order valence-electron chi connectivity index (χ3n) is 4.72. The molecule has 0 fully saturated rings. The molecule has 0 spiro atoms. The molecule has 1 aliphatic heterocycles. The second kappa shape index (κ2) is 4.71. The normalized spacial score (nSPS) is 16.8. The molecule has 0 bridgehead atoms. The first-order valence-electron chi connectivity index (χ1n) is 7.41. The summed E-state index contributed by atoms with van der Waals surface area (Å²) in [6.45, 7) is 8.67. The lowest BCUT2D eigenvalue weighted by Crippen LogP contribution is -2.27. The Labute approximate surface area is 120 Å². The van der Waals surface area contributed by atoms with Gasteiger partial charge in [0.1, 0.15) is 6.54 Å². The monoisotopic (exact) mass is 267 g/mol. The summed E-state index contributed by atoms with van der Waals surface area (Å²) in [5, 5.41) is 2.71. The topological polar surface area (TPSA) is 29.0 Å². The molecule has 1 heterocycles. The molecule has 2 N–H and O–H groups in total. The van der Waals surface area contributed by atoms with Gasteiger partial charge in [-0.3, -0.25) is 0 Å². The van der Waals surface area contributed by atoms with Crippen molar-refractivity contribution in [2.45, 2.75) is 32.6 Å². The van der Waals surface area contributed by atoms with Gasteiger partial charge in [-0.15, -0.1) is 0 Å². The summed E-state index contributed by atoms with van der Waals surface area (Å²) in [6, 6.07) is 13.2. The summed E-state index contributed by atoms with van der Waals surface area (Å²) >= 11 is 0. The average Bonchev–Trinajstić information content (AvgIpc) is 2.65. The number of fused-ring (bicyclic) bond motifs is 3. The molecule has 0 atom stereocenters. The zero-order chi connectivity index (χ0) is 14.3. The van der Waals surface area contributed by atoms with Gasteiger partial charge in [0.25, 0.3) is 0 Å². The van der Waals surface area contributed by atoms with Crippen LogP contribution in [0.2, 0.25) is 0 Å². The fourth-order valence-electron chi connectivity index (χ4n) is 3.38. The third kappa shape index (κ3) is 1.79. The van der Waals surface area contributed by atoms with Crippen LogP contribution in [0.4, 0.5) is 5.69 Å². The van der Waals surface area contributed by atoms with Crippen molar-refractivity contribution >= 4 is 22.2 Å². The highest BCUT2D eigenvalue weighted by molar-refractivity contribution is 6.01. The van der Waals surface area contributed by atoms with Crippen LogP contribution in [0.25, 0.3) is 10.8 Å². The summed E-state index contributed by atoms with van der Waals surface area (Å²) in [6.07, 6.45) is 1.03. The minimum Gasteiger partial charge on any atom is -0.330 e. The van der Waals surface area contributed by atoms with Crippen molar-refractivity contribution in [3.63, 3.8) is 0 Å². The van der Waals surface area contributed by atoms with Gasteiger partial charge in [0, 0.05) is 25.0 Å². The van der Waals surface area contributed by atoms with Crippen LogP contribution in [0.15, 0.2) is 36.4 Å². The van der Waals surface area contributed by atoms with E-state index in [-0.39, 0.29) is 5.41 Å². The van der Waals surface area contributed by atoms with Gasteiger partial charge in [-0.1, -0.05) is 24.3 Å². The maximum absolute atomic E-state index is 5.69. The van der Waals surface area contributed by atoms with Gasteiger partial charge in [-0.25, -0.2) is 0 Å². The summed E-state index contributed by atoms with van der Waals surface area (Å²) < 4.78 is 2.45. The van der Waals surface area contributed by atoms with E-state index in [2.05, 4.69) is 61.7 Å². The van der Waals surface area contributed by atoms with Crippen LogP contribution in [0.1, 0.15) is 32.8 Å². The summed E-state index contributed by atoms with van der Waals surface area (Å²) in [7, 11) is 0. The molecular formula is C18H23N2+. The molecule has 0 aromatic heterocycles. The van der Waals surface area contributed by atoms with E-state index < -0.39 is 0 Å². The van der Waals surface area contributed by atoms with E-state index in [1.807, 2.05) is 0 Å². The van der Waals surface area contributed by atoms with E-state index in [1.165, 1.54) is 27.7 Å². The van der Waals surface area contributed by atoms with Crippen molar-refractivity contribution in [1.29, 1.82) is 0 Å². The zero-order valence-electron chi connectivity index (χ0n) is 12.6. The predicted molar refractivity (Wildman–Crippen MR) is 86.1 cm³/mol. The van der Waals surface area contributed by atoms with Crippen LogP contribution >= 0.6 is 0 Å². The van der Waals surface area contributed by atoms with Crippen LogP contribution in [0, 0.1) is 0 Å². The van der Waals surface area contributed by atoms with Crippen LogP contribution in [0.5, 0.6) is 0 Å². The number of nitrogens with zero attached hydrogens (tertiary/aromatic N) is 1. The van der Waals surface area contributed by atoms with Gasteiger partial charge >= 0.3 is 0 Å². The Hall–Kier alpha value is -1.67. The average molecular weight is 267 g/mol. The number of hydrogen-bond acceptors (Lipinski definition) is 1. The second-order valence-corrected chi connectivity index (χ2v) is 6.19. The highest BCUT2D eigenvalue weighted by Crippen LogP contribution is 2.43. The quantitative estimate of drug-likeness (QED) is 0.846. The largest absolute Gasteiger partial charge is 0.330 e. The molecule has 2 aromatic carbocycles. The number of hydrogen-bond donors (Lipinski definition) is 1. The fourth-order valence-corrected chi connectivity index (χ4v) is 3.38. The van der Waals surface area contributed by atoms with Gasteiger partial charge in [0.15, 0.2) is 5.71 Å². The molecule has 0 unspecified atom stereocenters. The van der Waals surface area contributed by atoms with E-state index in [0.717, 1.165) is 19.5 Å². The lowest BCUT2D eigenvalue weighted by atomic mass is 9.80. The molecule has 2 heteroatoms. The molecule has 2 nitrogen and oxygen atoms in total. The Morgan fingerprint density at radius 2 is 1.85 bits per heavy atom. The van der Waals surface area contributed by atoms with Crippen LogP contribution in [-0.4, -0.2) is 23.4 Å². The van der Waals surface area contributed by atoms with Gasteiger partial charge in [-0.2, -0.15) is 4.58 Å². The minimum atomic E-state index is 0.0881. The van der Waals surface area contributed by atoms with Crippen molar-refractivity contribution in [3.8, 4) is 0 Å². The summed E-state index contributed by atoms with van der Waals surface area (Å²) in [5.74, 6) is 0. The molecule has 0 saturated carbocycles. The van der Waals surface area contributed by atoms with E-state index in [4.69, 9.17) is 5.73 Å². The van der Waals surface area contributed by atoms with E-state index in [9.17, 15) is 0 Å². The van der Waals surface area contributed by atoms with Crippen LogP contribution in [-0.2, 0) is 5.41 Å². The molecule has 0 aliphatic carbocycles. The molecule has 20 heavy (non-hydrogen) atoms. The van der Waals surface area contributed by atoms with E-state index in [1.54, 1.807) is 0 Å². The Morgan fingerprint density at radius 1 is 1.10 bits per heavy atom. The van der Waals surface area contributed by atoms with Gasteiger partial charge in [-0.05, 0) is 37.2 Å². The zero-order valence-corrected chi connectivity index (χ0v) is 12.6. The fraction of sp³-hybridized carbons (Fsp3) is 0.389. The van der Waals surface area contributed by atoms with Gasteiger partial charge in [0.05, 0.1) is 5.41 Å². The summed E-state index contributed by atoms with van der Waals surface area (Å²) in [4.78, 5) is 0. The van der Waals surface area contributed by atoms with Crippen LogP contribution in [0.3, 0.4) is 0 Å². The van der Waals surface area contributed by atoms with E-state index in [0.29, 0.717) is 0 Å². The van der Waals surface area contributed by atoms with Crippen molar-refractivity contribution < 1.29 is 4.58 Å². The smallest absolute Gasteiger partial charge is 0.210 e. The van der Waals surface area contributed by atoms with Gasteiger partial charge < -0.3 is 5.73 Å². The third-order valence-corrected chi connectivity index (χ3v) is 4.72. The molecule has 2 aromatic rings. The molecule has 0 radical (unpaired) electrons. The first-order valence-corrected chi connectivity index (χ1v) is 7.41. The van der Waals surface area contributed by atoms with E-state index >= 15 is 0 Å². The molecule has 104 valence electrons. The van der Waals surface area contributed by atoms with Crippen molar-refractivity contribution in [2.24, 2.45) is 5.73 Å². The molecule has 0 saturated heterocycles. The molecular weight excluding hydrogens is 244 g/mol. The lowest BCUT2D eigenvalue weighted by Gasteiger charge is -2.17. The number of nitrogens with two attached hydrogens (primary N) is 1. The predicted octanol–water partition coefficient (Wildman–Crippen LogP) is 3.58. The van der Waals surface area contributed by atoms with Crippen molar-refractivity contribution in [2.75, 3.05) is 13.1 Å². The molecule has 1 aliphatic rings. The minimum absolute atomic E-state index is 0.0881. The van der Waals surface area contributed by atoms with Gasteiger partial charge in [0.2, 0.25) is 5.69 Å². The maximum Gasteiger partial charge on any atom is 0.210 e. The SMILES string of the molecule is CC1=[N+](CCCN)c2ccc3ccccc3c2C1(C)C. The molecule has 3 rings (SSSR count). The Kier molecular flexibility index (Phi) is 3.14. The highest BCUT2D eigenvalue weighted by Gasteiger charge is 2.43. The lowest BCUT2D eigenvalue weighted by molar-refractivity contribution is -0.439. The summed E-state index contributed by atoms with van der Waals surface area (Å²) in [5.41, 5.74) is 10.0. The van der Waals surface area contributed by atoms with Crippen molar-refractivity contribution in [1.82, 2.24) is 0 Å². The Morgan fingerprint density at radius 3 is 2.60 bits per heavy atom. The van der Waals surface area contributed by atoms with Crippen LogP contribution < -0.4 is 5.73 Å². The second-order valence-electron chi connectivity index (χ2n) is 6.19. The standard InChI is InChI=1S/C18H23N2/c1-13-18(2,3)17-15-8-5-4-7-14(15)9-10-16(17)20(13)12-6-11-19/h4-5,7-10H,6,11-12,19H2,1-3H3/q+1. The first-order chi connectivity index (χ1) is 9.57. The Bertz CT molecular complexity index is 696. The maximum atomic E-state index is 5.69.